The van der Waals surface area contributed by atoms with Crippen molar-refractivity contribution in [2.45, 2.75) is 0 Å². The summed E-state index contributed by atoms with van der Waals surface area (Å²) in [5.74, 6) is 1.63. The fourth-order valence-electron chi connectivity index (χ4n) is 1.74. The van der Waals surface area contributed by atoms with Gasteiger partial charge in [-0.2, -0.15) is 0 Å². The second-order valence-corrected chi connectivity index (χ2v) is 4.78. The van der Waals surface area contributed by atoms with Crippen LogP contribution >= 0.6 is 22.6 Å². The number of rotatable bonds is 2. The molecule has 0 aliphatic carbocycles. The number of fused-ring (bicyclic) bond motifs is 1. The summed E-state index contributed by atoms with van der Waals surface area (Å²) in [6, 6.07) is 7.74. The number of nitrogens with zero attached hydrogens (tertiary/aromatic N) is 4. The van der Waals surface area contributed by atoms with Crippen molar-refractivity contribution in [3.05, 3.63) is 40.4 Å². The Labute approximate surface area is 117 Å². The highest BCUT2D eigenvalue weighted by Gasteiger charge is 2.10. The van der Waals surface area contributed by atoms with E-state index >= 15 is 0 Å². The van der Waals surface area contributed by atoms with E-state index in [2.05, 4.69) is 37.8 Å². The third-order valence-electron chi connectivity index (χ3n) is 2.62. The summed E-state index contributed by atoms with van der Waals surface area (Å²) in [7, 11) is 1.65. The van der Waals surface area contributed by atoms with Gasteiger partial charge in [-0.1, -0.05) is 0 Å². The molecule has 0 radical (unpaired) electrons. The molecule has 3 rings (SSSR count). The quantitative estimate of drug-likeness (QED) is 0.665. The number of aromatic nitrogens is 4. The van der Waals surface area contributed by atoms with Gasteiger partial charge < -0.3 is 4.74 Å². The maximum atomic E-state index is 5.14. The second-order valence-electron chi connectivity index (χ2n) is 3.68. The lowest BCUT2D eigenvalue weighted by Crippen LogP contribution is -1.95. The lowest BCUT2D eigenvalue weighted by molar-refractivity contribution is 0.415. The Kier molecular flexibility index (Phi) is 2.86. The highest BCUT2D eigenvalue weighted by molar-refractivity contribution is 14.1. The number of ether oxygens (including phenoxy) is 1. The van der Waals surface area contributed by atoms with E-state index in [-0.39, 0.29) is 0 Å². The van der Waals surface area contributed by atoms with Crippen LogP contribution in [0.3, 0.4) is 0 Å². The Morgan fingerprint density at radius 3 is 2.61 bits per heavy atom. The molecular weight excluding hydrogens is 343 g/mol. The Morgan fingerprint density at radius 2 is 1.89 bits per heavy atom. The van der Waals surface area contributed by atoms with Crippen LogP contribution in [-0.2, 0) is 0 Å². The first-order valence-electron chi connectivity index (χ1n) is 5.28. The van der Waals surface area contributed by atoms with Crippen molar-refractivity contribution in [2.75, 3.05) is 7.11 Å². The summed E-state index contributed by atoms with van der Waals surface area (Å²) in [6.07, 6.45) is 3.48. The van der Waals surface area contributed by atoms with Gasteiger partial charge in [0.25, 0.3) is 0 Å². The zero-order valence-corrected chi connectivity index (χ0v) is 11.7. The molecule has 0 fully saturated rings. The van der Waals surface area contributed by atoms with Crippen molar-refractivity contribution in [1.29, 1.82) is 0 Å². The van der Waals surface area contributed by atoms with E-state index in [1.807, 2.05) is 28.7 Å². The molecule has 2 heterocycles. The Morgan fingerprint density at radius 1 is 1.11 bits per heavy atom. The average Bonchev–Trinajstić information content (AvgIpc) is 2.84. The summed E-state index contributed by atoms with van der Waals surface area (Å²) in [6.45, 7) is 0. The standard InChI is InChI=1S/C12H9IN4O/c1-18-9-4-2-8(3-5-9)12-16-15-11-7-14-6-10(13)17(11)12/h2-7H,1H3. The van der Waals surface area contributed by atoms with Crippen molar-refractivity contribution >= 4 is 28.2 Å². The van der Waals surface area contributed by atoms with Gasteiger partial charge in [0, 0.05) is 5.56 Å². The molecule has 3 aromatic rings. The monoisotopic (exact) mass is 352 g/mol. The van der Waals surface area contributed by atoms with Crippen molar-refractivity contribution < 1.29 is 4.74 Å². The Hall–Kier alpha value is -1.70. The molecule has 6 heteroatoms. The molecule has 18 heavy (non-hydrogen) atoms. The second kappa shape index (κ2) is 4.52. The smallest absolute Gasteiger partial charge is 0.180 e. The Bertz CT molecular complexity index is 693. The van der Waals surface area contributed by atoms with Gasteiger partial charge in [0.15, 0.2) is 11.5 Å². The maximum absolute atomic E-state index is 5.14. The van der Waals surface area contributed by atoms with Crippen molar-refractivity contribution in [3.63, 3.8) is 0 Å². The lowest BCUT2D eigenvalue weighted by atomic mass is 10.2. The third kappa shape index (κ3) is 1.82. The maximum Gasteiger partial charge on any atom is 0.180 e. The summed E-state index contributed by atoms with van der Waals surface area (Å²) in [4.78, 5) is 4.10. The molecule has 1 aromatic carbocycles. The topological polar surface area (TPSA) is 52.3 Å². The van der Waals surface area contributed by atoms with Crippen LogP contribution in [0.1, 0.15) is 0 Å². The van der Waals surface area contributed by atoms with Crippen LogP contribution in [0.25, 0.3) is 17.0 Å². The minimum absolute atomic E-state index is 0.743. The van der Waals surface area contributed by atoms with Crippen LogP contribution in [-0.4, -0.2) is 26.7 Å². The number of benzene rings is 1. The number of hydrogen-bond donors (Lipinski definition) is 0. The summed E-state index contributed by atoms with van der Waals surface area (Å²) in [5, 5.41) is 8.32. The fraction of sp³-hybridized carbons (Fsp3) is 0.0833. The first-order chi connectivity index (χ1) is 8.79. The zero-order valence-electron chi connectivity index (χ0n) is 9.54. The molecule has 0 N–H and O–H groups in total. The largest absolute Gasteiger partial charge is 0.497 e. The number of methoxy groups -OCH3 is 1. The predicted octanol–water partition coefficient (Wildman–Crippen LogP) is 2.40. The van der Waals surface area contributed by atoms with Gasteiger partial charge in [0.1, 0.15) is 9.45 Å². The van der Waals surface area contributed by atoms with Gasteiger partial charge in [-0.3, -0.25) is 9.38 Å². The average molecular weight is 352 g/mol. The molecule has 0 aliphatic rings. The molecule has 0 bridgehead atoms. The minimum atomic E-state index is 0.743. The molecule has 0 atom stereocenters. The van der Waals surface area contributed by atoms with E-state index in [4.69, 9.17) is 4.74 Å². The highest BCUT2D eigenvalue weighted by Crippen LogP contribution is 2.22. The van der Waals surface area contributed by atoms with E-state index < -0.39 is 0 Å². The highest BCUT2D eigenvalue weighted by atomic mass is 127. The van der Waals surface area contributed by atoms with E-state index in [0.717, 1.165) is 26.5 Å². The Balaban J connectivity index is 2.18. The number of hydrogen-bond acceptors (Lipinski definition) is 4. The lowest BCUT2D eigenvalue weighted by Gasteiger charge is -2.03. The molecule has 0 unspecified atom stereocenters. The van der Waals surface area contributed by atoms with Gasteiger partial charge in [0.05, 0.1) is 19.5 Å². The summed E-state index contributed by atoms with van der Waals surface area (Å²) < 4.78 is 8.08. The molecule has 0 aliphatic heterocycles. The van der Waals surface area contributed by atoms with Gasteiger partial charge in [0.2, 0.25) is 0 Å². The van der Waals surface area contributed by atoms with Crippen LogP contribution in [0, 0.1) is 3.70 Å². The zero-order chi connectivity index (χ0) is 12.5. The van der Waals surface area contributed by atoms with Crippen LogP contribution in [0.2, 0.25) is 0 Å². The minimum Gasteiger partial charge on any atom is -0.497 e. The molecule has 0 saturated heterocycles. The van der Waals surface area contributed by atoms with Crippen molar-refractivity contribution in [2.24, 2.45) is 0 Å². The van der Waals surface area contributed by atoms with Crippen LogP contribution in [0.4, 0.5) is 0 Å². The molecule has 0 saturated carbocycles. The molecule has 0 amide bonds. The molecule has 0 spiro atoms. The third-order valence-corrected chi connectivity index (χ3v) is 3.38. The predicted molar refractivity (Wildman–Crippen MR) is 75.5 cm³/mol. The van der Waals surface area contributed by atoms with Gasteiger partial charge in [-0.25, -0.2) is 0 Å². The SMILES string of the molecule is COc1ccc(-c2nnc3cncc(I)n23)cc1. The van der Waals surface area contributed by atoms with E-state index in [1.165, 1.54) is 0 Å². The van der Waals surface area contributed by atoms with E-state index in [1.54, 1.807) is 19.5 Å². The molecule has 90 valence electrons. The van der Waals surface area contributed by atoms with Crippen LogP contribution in [0.5, 0.6) is 5.75 Å². The molecular formula is C12H9IN4O. The van der Waals surface area contributed by atoms with Crippen molar-refractivity contribution in [1.82, 2.24) is 19.6 Å². The van der Waals surface area contributed by atoms with Crippen LogP contribution in [0.15, 0.2) is 36.7 Å². The van der Waals surface area contributed by atoms with E-state index in [9.17, 15) is 0 Å². The van der Waals surface area contributed by atoms with Crippen LogP contribution < -0.4 is 4.74 Å². The summed E-state index contributed by atoms with van der Waals surface area (Å²) in [5.41, 5.74) is 1.74. The van der Waals surface area contributed by atoms with Gasteiger partial charge in [-0.15, -0.1) is 10.2 Å². The van der Waals surface area contributed by atoms with Gasteiger partial charge in [-0.05, 0) is 46.9 Å². The molecule has 2 aromatic heterocycles. The molecule has 5 nitrogen and oxygen atoms in total. The fourth-order valence-corrected chi connectivity index (χ4v) is 2.38. The van der Waals surface area contributed by atoms with E-state index in [0.29, 0.717) is 0 Å². The van der Waals surface area contributed by atoms with Crippen molar-refractivity contribution in [3.8, 4) is 17.1 Å². The first-order valence-corrected chi connectivity index (χ1v) is 6.36. The summed E-state index contributed by atoms with van der Waals surface area (Å²) >= 11 is 2.22. The number of halogens is 1. The normalized spacial score (nSPS) is 10.8. The van der Waals surface area contributed by atoms with Gasteiger partial charge >= 0.3 is 0 Å². The first kappa shape index (κ1) is 11.4.